The molecule has 1 amide bonds. The van der Waals surface area contributed by atoms with Crippen LogP contribution in [0.4, 0.5) is 0 Å². The summed E-state index contributed by atoms with van der Waals surface area (Å²) in [7, 11) is 1.66. The van der Waals surface area contributed by atoms with Crippen molar-refractivity contribution in [3.05, 3.63) is 59.7 Å². The highest BCUT2D eigenvalue weighted by molar-refractivity contribution is 6.00. The third kappa shape index (κ3) is 1.89. The van der Waals surface area contributed by atoms with Gasteiger partial charge in [-0.25, -0.2) is 0 Å². The minimum Gasteiger partial charge on any atom is -0.366 e. The molecule has 22 heavy (non-hydrogen) atoms. The average Bonchev–Trinajstić information content (AvgIpc) is 2.70. The average molecular weight is 295 g/mol. The maximum atomic E-state index is 12.5. The van der Waals surface area contributed by atoms with Crippen LogP contribution in [0, 0.1) is 5.41 Å². The summed E-state index contributed by atoms with van der Waals surface area (Å²) >= 11 is 0. The third-order valence-corrected chi connectivity index (χ3v) is 4.57. The summed E-state index contributed by atoms with van der Waals surface area (Å²) in [6, 6.07) is 15.7. The Labute approximate surface area is 131 Å². The first-order chi connectivity index (χ1) is 10.3. The minimum atomic E-state index is -1.30. The Morgan fingerprint density at radius 2 is 1.64 bits per heavy atom. The number of benzene rings is 2. The predicted octanol–water partition coefficient (Wildman–Crippen LogP) is 3.63. The number of aliphatic hydroxyl groups is 1. The van der Waals surface area contributed by atoms with Crippen LogP contribution in [-0.4, -0.2) is 23.0 Å². The van der Waals surface area contributed by atoms with Crippen molar-refractivity contribution >= 4 is 5.91 Å². The van der Waals surface area contributed by atoms with Gasteiger partial charge in [0.15, 0.2) is 5.72 Å². The van der Waals surface area contributed by atoms with Crippen molar-refractivity contribution in [1.29, 1.82) is 0 Å². The van der Waals surface area contributed by atoms with E-state index in [-0.39, 0.29) is 5.91 Å². The summed E-state index contributed by atoms with van der Waals surface area (Å²) in [6.07, 6.45) is 0. The third-order valence-electron chi connectivity index (χ3n) is 4.57. The van der Waals surface area contributed by atoms with E-state index < -0.39 is 11.1 Å². The SMILES string of the molecule is CN1C(=O)c2ccc(-c3ccccc3)cc2[C@]1(O)C(C)(C)C. The molecule has 2 aromatic carbocycles. The molecule has 114 valence electrons. The Kier molecular flexibility index (Phi) is 3.15. The standard InChI is InChI=1S/C19H21NO2/c1-18(2,3)19(22)16-12-14(13-8-6-5-7-9-13)10-11-15(16)17(21)20(19)4/h5-12,22H,1-4H3/t19-/m0/s1. The molecule has 0 fully saturated rings. The quantitative estimate of drug-likeness (QED) is 0.872. The molecule has 0 unspecified atom stereocenters. The Morgan fingerprint density at radius 1 is 1.00 bits per heavy atom. The van der Waals surface area contributed by atoms with Crippen LogP contribution in [0.3, 0.4) is 0 Å². The van der Waals surface area contributed by atoms with Gasteiger partial charge in [-0.3, -0.25) is 4.79 Å². The van der Waals surface area contributed by atoms with Crippen molar-refractivity contribution in [3.8, 4) is 11.1 Å². The normalized spacial score (nSPS) is 21.1. The molecular weight excluding hydrogens is 274 g/mol. The predicted molar refractivity (Wildman–Crippen MR) is 87.3 cm³/mol. The molecule has 1 heterocycles. The van der Waals surface area contributed by atoms with E-state index in [1.165, 1.54) is 4.90 Å². The highest BCUT2D eigenvalue weighted by Crippen LogP contribution is 2.48. The lowest BCUT2D eigenvalue weighted by Crippen LogP contribution is -2.50. The molecule has 3 rings (SSSR count). The maximum Gasteiger partial charge on any atom is 0.256 e. The van der Waals surface area contributed by atoms with E-state index in [1.807, 2.05) is 69.3 Å². The Bertz CT molecular complexity index is 731. The van der Waals surface area contributed by atoms with Crippen molar-refractivity contribution < 1.29 is 9.90 Å². The second kappa shape index (κ2) is 4.68. The molecule has 1 N–H and O–H groups in total. The van der Waals surface area contributed by atoms with E-state index in [0.717, 1.165) is 11.1 Å². The summed E-state index contributed by atoms with van der Waals surface area (Å²) < 4.78 is 0. The first-order valence-corrected chi connectivity index (χ1v) is 7.47. The molecule has 3 nitrogen and oxygen atoms in total. The lowest BCUT2D eigenvalue weighted by atomic mass is 9.78. The van der Waals surface area contributed by atoms with Gasteiger partial charge in [-0.15, -0.1) is 0 Å². The Morgan fingerprint density at radius 3 is 2.23 bits per heavy atom. The maximum absolute atomic E-state index is 12.5. The van der Waals surface area contributed by atoms with Crippen molar-refractivity contribution in [2.45, 2.75) is 26.5 Å². The van der Waals surface area contributed by atoms with Crippen LogP contribution in [-0.2, 0) is 5.72 Å². The second-order valence-corrected chi connectivity index (χ2v) is 6.91. The molecule has 0 spiro atoms. The van der Waals surface area contributed by atoms with Gasteiger partial charge in [0.25, 0.3) is 5.91 Å². The smallest absolute Gasteiger partial charge is 0.256 e. The van der Waals surface area contributed by atoms with Crippen LogP contribution < -0.4 is 0 Å². The summed E-state index contributed by atoms with van der Waals surface area (Å²) in [6.45, 7) is 5.84. The van der Waals surface area contributed by atoms with Crippen LogP contribution in [0.1, 0.15) is 36.7 Å². The zero-order valence-corrected chi connectivity index (χ0v) is 13.4. The monoisotopic (exact) mass is 295 g/mol. The van der Waals surface area contributed by atoms with E-state index in [9.17, 15) is 9.90 Å². The summed E-state index contributed by atoms with van der Waals surface area (Å²) in [5.74, 6) is -0.132. The first-order valence-electron chi connectivity index (χ1n) is 7.47. The fourth-order valence-corrected chi connectivity index (χ4v) is 3.24. The van der Waals surface area contributed by atoms with Gasteiger partial charge in [0.2, 0.25) is 0 Å². The number of hydrogen-bond donors (Lipinski definition) is 1. The molecule has 1 atom stereocenters. The highest BCUT2D eigenvalue weighted by atomic mass is 16.3. The lowest BCUT2D eigenvalue weighted by Gasteiger charge is -2.42. The van der Waals surface area contributed by atoms with Crippen molar-refractivity contribution in [2.24, 2.45) is 5.41 Å². The van der Waals surface area contributed by atoms with Gasteiger partial charge in [0, 0.05) is 23.6 Å². The Hall–Kier alpha value is -2.13. The van der Waals surface area contributed by atoms with Gasteiger partial charge >= 0.3 is 0 Å². The molecule has 3 heteroatoms. The number of amides is 1. The van der Waals surface area contributed by atoms with Crippen LogP contribution >= 0.6 is 0 Å². The van der Waals surface area contributed by atoms with E-state index in [1.54, 1.807) is 7.05 Å². The number of carbonyl (C=O) groups is 1. The number of hydrogen-bond acceptors (Lipinski definition) is 2. The molecule has 0 radical (unpaired) electrons. The molecule has 0 saturated carbocycles. The van der Waals surface area contributed by atoms with Gasteiger partial charge in [-0.1, -0.05) is 57.2 Å². The van der Waals surface area contributed by atoms with Crippen molar-refractivity contribution in [3.63, 3.8) is 0 Å². The van der Waals surface area contributed by atoms with Crippen LogP contribution in [0.25, 0.3) is 11.1 Å². The van der Waals surface area contributed by atoms with Gasteiger partial charge in [-0.05, 0) is 23.3 Å². The number of rotatable bonds is 1. The number of nitrogens with zero attached hydrogens (tertiary/aromatic N) is 1. The zero-order valence-electron chi connectivity index (χ0n) is 13.4. The fourth-order valence-electron chi connectivity index (χ4n) is 3.24. The minimum absolute atomic E-state index is 0.132. The molecule has 0 aliphatic carbocycles. The van der Waals surface area contributed by atoms with Crippen molar-refractivity contribution in [2.75, 3.05) is 7.05 Å². The van der Waals surface area contributed by atoms with Gasteiger partial charge in [0.1, 0.15) is 0 Å². The Balaban J connectivity index is 2.22. The second-order valence-electron chi connectivity index (χ2n) is 6.91. The van der Waals surface area contributed by atoms with Crippen molar-refractivity contribution in [1.82, 2.24) is 4.90 Å². The zero-order chi connectivity index (χ0) is 16.1. The topological polar surface area (TPSA) is 40.5 Å². The lowest BCUT2D eigenvalue weighted by molar-refractivity contribution is -0.150. The van der Waals surface area contributed by atoms with E-state index in [0.29, 0.717) is 11.1 Å². The summed E-state index contributed by atoms with van der Waals surface area (Å²) in [4.78, 5) is 13.9. The fraction of sp³-hybridized carbons (Fsp3) is 0.316. The number of carbonyl (C=O) groups excluding carboxylic acids is 1. The molecule has 1 aliphatic heterocycles. The molecule has 1 aliphatic rings. The molecule has 0 bridgehead atoms. The molecule has 2 aromatic rings. The number of fused-ring (bicyclic) bond motifs is 1. The van der Waals surface area contributed by atoms with E-state index in [4.69, 9.17) is 0 Å². The summed E-state index contributed by atoms with van der Waals surface area (Å²) in [5.41, 5.74) is 1.56. The molecule has 0 aromatic heterocycles. The van der Waals surface area contributed by atoms with E-state index in [2.05, 4.69) is 0 Å². The molecular formula is C19H21NO2. The van der Waals surface area contributed by atoms with Crippen LogP contribution in [0.2, 0.25) is 0 Å². The summed E-state index contributed by atoms with van der Waals surface area (Å²) in [5, 5.41) is 11.3. The van der Waals surface area contributed by atoms with Crippen LogP contribution in [0.15, 0.2) is 48.5 Å². The first kappa shape index (κ1) is 14.8. The van der Waals surface area contributed by atoms with Gasteiger partial charge < -0.3 is 10.0 Å². The van der Waals surface area contributed by atoms with Gasteiger partial charge in [0.05, 0.1) is 0 Å². The highest BCUT2D eigenvalue weighted by Gasteiger charge is 2.53. The van der Waals surface area contributed by atoms with Gasteiger partial charge in [-0.2, -0.15) is 0 Å². The molecule has 0 saturated heterocycles. The van der Waals surface area contributed by atoms with Crippen LogP contribution in [0.5, 0.6) is 0 Å². The largest absolute Gasteiger partial charge is 0.366 e. The van der Waals surface area contributed by atoms with E-state index >= 15 is 0 Å².